The highest BCUT2D eigenvalue weighted by atomic mass is 28.5. The standard InChI is InChI=1S/C37H60N2O10Si2/c1-23(2)32-36(39-19-18-31(40)38(35(39)41)22-43-20-29-16-14-13-15-17-29)37(42,47-34(45-32)24(3)4)33-30(46-36)21-44-50(25(5)6,26(7)8)49-51(48-33,27(9)10)28(11)12/h13-19,23-28,30,32-34,42H,20-22H2,1-12H3/t30-,32+,33-,34+,36-,37-/m1/s1. The van der Waals surface area contributed by atoms with Gasteiger partial charge in [0.2, 0.25) is 11.5 Å². The number of fused-ring (bicyclic) bond motifs is 3. The van der Waals surface area contributed by atoms with Crippen LogP contribution in [-0.4, -0.2) is 68.4 Å². The van der Waals surface area contributed by atoms with Crippen LogP contribution in [0.25, 0.3) is 0 Å². The van der Waals surface area contributed by atoms with Gasteiger partial charge in [-0.1, -0.05) is 113 Å². The first-order valence-corrected chi connectivity index (χ1v) is 22.5. The Morgan fingerprint density at radius 3 is 2.00 bits per heavy atom. The highest BCUT2D eigenvalue weighted by Gasteiger charge is 2.78. The molecule has 1 aromatic carbocycles. The van der Waals surface area contributed by atoms with E-state index < -0.39 is 64.5 Å². The summed E-state index contributed by atoms with van der Waals surface area (Å²) in [7, 11) is -6.28. The highest BCUT2D eigenvalue weighted by molar-refractivity contribution is 6.84. The predicted octanol–water partition coefficient (Wildman–Crippen LogP) is 5.93. The third-order valence-electron chi connectivity index (χ3n) is 10.8. The zero-order chi connectivity index (χ0) is 37.7. The molecule has 0 unspecified atom stereocenters. The average Bonchev–Trinajstić information content (AvgIpc) is 3.28. The summed E-state index contributed by atoms with van der Waals surface area (Å²) < 4.78 is 50.3. The summed E-state index contributed by atoms with van der Waals surface area (Å²) in [4.78, 5) is 27.9. The SMILES string of the molecule is CC(C)[C@H]1O[C@@H](C(C)C)[C@@]2(n3ccc(=O)n(COCc4ccccc4)c3=O)O[C@@H]3CO[Si](C(C)C)(C(C)C)O[Si](C(C)C)(C(C)C)O[C@H]3[C@@]2(O)O1. The highest BCUT2D eigenvalue weighted by Crippen LogP contribution is 2.57. The molecule has 3 fully saturated rings. The molecule has 3 aliphatic rings. The fourth-order valence-corrected chi connectivity index (χ4v) is 19.3. The zero-order valence-corrected chi connectivity index (χ0v) is 34.5. The molecule has 3 aliphatic heterocycles. The van der Waals surface area contributed by atoms with Gasteiger partial charge in [0.15, 0.2) is 6.29 Å². The Bertz CT molecular complexity index is 1600. The van der Waals surface area contributed by atoms with Crippen LogP contribution in [0.4, 0.5) is 0 Å². The molecule has 4 heterocycles. The first-order valence-electron chi connectivity index (χ1n) is 18.6. The minimum atomic E-state index is -3.29. The van der Waals surface area contributed by atoms with Crippen molar-refractivity contribution in [2.24, 2.45) is 11.8 Å². The van der Waals surface area contributed by atoms with Crippen molar-refractivity contribution in [1.29, 1.82) is 0 Å². The van der Waals surface area contributed by atoms with Crippen molar-refractivity contribution >= 4 is 17.1 Å². The molecule has 286 valence electrons. The van der Waals surface area contributed by atoms with E-state index in [0.717, 1.165) is 10.1 Å². The molecular formula is C37H60N2O10Si2. The molecule has 1 N–H and O–H groups in total. The lowest BCUT2D eigenvalue weighted by atomic mass is 9.85. The van der Waals surface area contributed by atoms with Gasteiger partial charge in [-0.15, -0.1) is 0 Å². The van der Waals surface area contributed by atoms with Crippen molar-refractivity contribution in [3.63, 3.8) is 0 Å². The molecule has 14 heteroatoms. The lowest BCUT2D eigenvalue weighted by Gasteiger charge is -2.55. The maximum Gasteiger partial charge on any atom is 0.335 e. The van der Waals surface area contributed by atoms with Crippen LogP contribution in [-0.2, 0) is 51.0 Å². The van der Waals surface area contributed by atoms with Gasteiger partial charge in [0.05, 0.1) is 13.2 Å². The largest absolute Gasteiger partial charge is 0.414 e. The third kappa shape index (κ3) is 6.72. The quantitative estimate of drug-likeness (QED) is 0.276. The van der Waals surface area contributed by atoms with Crippen molar-refractivity contribution in [3.05, 3.63) is 69.0 Å². The summed E-state index contributed by atoms with van der Waals surface area (Å²) in [5.74, 6) is -2.74. The second kappa shape index (κ2) is 15.0. The second-order valence-electron chi connectivity index (χ2n) is 16.3. The first-order chi connectivity index (χ1) is 23.9. The maximum atomic E-state index is 14.6. The molecule has 1 aromatic heterocycles. The average molecular weight is 749 g/mol. The minimum Gasteiger partial charge on any atom is -0.414 e. The van der Waals surface area contributed by atoms with E-state index in [2.05, 4.69) is 55.4 Å². The summed E-state index contributed by atoms with van der Waals surface area (Å²) in [5.41, 5.74) is -2.33. The molecular weight excluding hydrogens is 689 g/mol. The zero-order valence-electron chi connectivity index (χ0n) is 32.5. The number of rotatable bonds is 11. The van der Waals surface area contributed by atoms with Crippen molar-refractivity contribution in [3.8, 4) is 0 Å². The van der Waals surface area contributed by atoms with Crippen LogP contribution in [0, 0.1) is 11.8 Å². The second-order valence-corrected chi connectivity index (χ2v) is 25.1. The fraction of sp³-hybridized carbons (Fsp3) is 0.730. The van der Waals surface area contributed by atoms with E-state index in [-0.39, 0.29) is 53.9 Å². The third-order valence-corrected chi connectivity index (χ3v) is 21.0. The van der Waals surface area contributed by atoms with Crippen LogP contribution in [0.2, 0.25) is 22.2 Å². The van der Waals surface area contributed by atoms with E-state index in [9.17, 15) is 14.7 Å². The summed E-state index contributed by atoms with van der Waals surface area (Å²) in [6.07, 6.45) is -2.44. The van der Waals surface area contributed by atoms with Crippen LogP contribution in [0.15, 0.2) is 52.2 Å². The van der Waals surface area contributed by atoms with Gasteiger partial charge in [-0.3, -0.25) is 9.36 Å². The minimum absolute atomic E-state index is 0.0348. The molecule has 0 aliphatic carbocycles. The van der Waals surface area contributed by atoms with Crippen LogP contribution < -0.4 is 11.2 Å². The summed E-state index contributed by atoms with van der Waals surface area (Å²) in [6, 6.07) is 10.8. The van der Waals surface area contributed by atoms with Crippen molar-refractivity contribution in [2.75, 3.05) is 6.61 Å². The Hall–Kier alpha value is -1.99. The van der Waals surface area contributed by atoms with E-state index in [1.165, 1.54) is 16.8 Å². The molecule has 12 nitrogen and oxygen atoms in total. The Morgan fingerprint density at radius 2 is 1.45 bits per heavy atom. The Morgan fingerprint density at radius 1 is 0.843 bits per heavy atom. The van der Waals surface area contributed by atoms with Gasteiger partial charge in [-0.2, -0.15) is 0 Å². The summed E-state index contributed by atoms with van der Waals surface area (Å²) in [5, 5.41) is 13.4. The van der Waals surface area contributed by atoms with Crippen LogP contribution in [0.5, 0.6) is 0 Å². The molecule has 5 rings (SSSR count). The molecule has 0 radical (unpaired) electrons. The maximum absolute atomic E-state index is 14.6. The Labute approximate surface area is 304 Å². The van der Waals surface area contributed by atoms with Crippen LogP contribution >= 0.6 is 0 Å². The number of hydrogen-bond acceptors (Lipinski definition) is 10. The van der Waals surface area contributed by atoms with Gasteiger partial charge in [0, 0.05) is 18.2 Å². The van der Waals surface area contributed by atoms with Crippen molar-refractivity contribution in [1.82, 2.24) is 9.13 Å². The molecule has 51 heavy (non-hydrogen) atoms. The monoisotopic (exact) mass is 748 g/mol. The topological polar surface area (TPSA) is 129 Å². The van der Waals surface area contributed by atoms with Gasteiger partial charge in [-0.25, -0.2) is 9.36 Å². The molecule has 0 bridgehead atoms. The number of benzene rings is 1. The molecule has 0 saturated carbocycles. The lowest BCUT2D eigenvalue weighted by molar-refractivity contribution is -0.453. The number of aromatic nitrogens is 2. The van der Waals surface area contributed by atoms with E-state index in [1.54, 1.807) is 0 Å². The number of nitrogens with zero attached hydrogens (tertiary/aromatic N) is 2. The van der Waals surface area contributed by atoms with E-state index in [0.29, 0.717) is 0 Å². The van der Waals surface area contributed by atoms with Crippen molar-refractivity contribution in [2.45, 2.75) is 155 Å². The van der Waals surface area contributed by atoms with Gasteiger partial charge in [0.1, 0.15) is 25.0 Å². The number of hydrogen-bond donors (Lipinski definition) is 1. The van der Waals surface area contributed by atoms with Gasteiger partial charge < -0.3 is 37.0 Å². The molecule has 0 amide bonds. The lowest BCUT2D eigenvalue weighted by Crippen LogP contribution is -2.75. The first kappa shape index (κ1) is 40.2. The molecule has 0 spiro atoms. The molecule has 2 aromatic rings. The Balaban J connectivity index is 1.72. The summed E-state index contributed by atoms with van der Waals surface area (Å²) >= 11 is 0. The van der Waals surface area contributed by atoms with Gasteiger partial charge in [-0.05, 0) is 33.6 Å². The molecule has 3 saturated heterocycles. The normalized spacial score (nSPS) is 30.6. The smallest absolute Gasteiger partial charge is 0.335 e. The van der Waals surface area contributed by atoms with E-state index >= 15 is 0 Å². The van der Waals surface area contributed by atoms with E-state index in [4.69, 9.17) is 31.9 Å². The Kier molecular flexibility index (Phi) is 11.9. The van der Waals surface area contributed by atoms with Crippen LogP contribution in [0.3, 0.4) is 0 Å². The van der Waals surface area contributed by atoms with Gasteiger partial charge in [0.25, 0.3) is 5.56 Å². The fourth-order valence-electron chi connectivity index (χ4n) is 8.08. The molecule has 6 atom stereocenters. The predicted molar refractivity (Wildman–Crippen MR) is 197 cm³/mol. The number of ether oxygens (including phenoxy) is 4. The van der Waals surface area contributed by atoms with Crippen LogP contribution in [0.1, 0.15) is 88.6 Å². The van der Waals surface area contributed by atoms with Gasteiger partial charge >= 0.3 is 22.8 Å². The van der Waals surface area contributed by atoms with E-state index in [1.807, 2.05) is 58.0 Å². The number of aliphatic hydroxyl groups is 1. The van der Waals surface area contributed by atoms with Crippen molar-refractivity contribution < 1.29 is 37.0 Å². The summed E-state index contributed by atoms with van der Waals surface area (Å²) in [6.45, 7) is 24.6.